The minimum absolute atomic E-state index is 0.244. The molecule has 0 spiro atoms. The summed E-state index contributed by atoms with van der Waals surface area (Å²) in [6.07, 6.45) is 0. The van der Waals surface area contributed by atoms with E-state index in [2.05, 4.69) is 10.3 Å². The first kappa shape index (κ1) is 14.5. The smallest absolute Gasteiger partial charge is 0.187 e. The zero-order chi connectivity index (χ0) is 15.4. The monoisotopic (exact) mass is 314 g/mol. The molecule has 0 saturated carbocycles. The average Bonchev–Trinajstić information content (AvgIpc) is 2.99. The van der Waals surface area contributed by atoms with E-state index in [1.807, 2.05) is 36.6 Å². The molecule has 2 aromatic carbocycles. The number of hydrogen-bond acceptors (Lipinski definition) is 4. The first-order chi connectivity index (χ1) is 10.7. The van der Waals surface area contributed by atoms with Gasteiger partial charge in [0, 0.05) is 16.6 Å². The lowest BCUT2D eigenvalue weighted by atomic mass is 10.2. The third-order valence-electron chi connectivity index (χ3n) is 3.06. The zero-order valence-electron chi connectivity index (χ0n) is 12.0. The molecular weight excluding hydrogens is 299 g/mol. The molecule has 0 aliphatic heterocycles. The molecule has 1 aromatic heterocycles. The van der Waals surface area contributed by atoms with E-state index >= 15 is 0 Å². The second-order valence-electron chi connectivity index (χ2n) is 4.63. The van der Waals surface area contributed by atoms with Gasteiger partial charge in [-0.15, -0.1) is 11.3 Å². The summed E-state index contributed by atoms with van der Waals surface area (Å²) in [4.78, 5) is 4.52. The topological polar surface area (TPSA) is 34.1 Å². The molecular formula is C17H15FN2OS. The Hall–Kier alpha value is -2.40. The summed E-state index contributed by atoms with van der Waals surface area (Å²) in [6.45, 7) is 2.61. The van der Waals surface area contributed by atoms with Crippen LogP contribution in [0.1, 0.15) is 6.92 Å². The van der Waals surface area contributed by atoms with Crippen molar-refractivity contribution in [3.8, 4) is 17.0 Å². The van der Waals surface area contributed by atoms with Gasteiger partial charge in [0.15, 0.2) is 5.13 Å². The largest absolute Gasteiger partial charge is 0.494 e. The highest BCUT2D eigenvalue weighted by molar-refractivity contribution is 7.14. The minimum Gasteiger partial charge on any atom is -0.494 e. The molecule has 0 atom stereocenters. The van der Waals surface area contributed by atoms with Crippen LogP contribution in [0.3, 0.4) is 0 Å². The number of nitrogens with one attached hydrogen (secondary N) is 1. The van der Waals surface area contributed by atoms with Crippen LogP contribution < -0.4 is 10.1 Å². The Morgan fingerprint density at radius 3 is 2.50 bits per heavy atom. The molecule has 0 bridgehead atoms. The SMILES string of the molecule is CCOc1ccc(Nc2nc(-c3ccc(F)cc3)cs2)cc1. The van der Waals surface area contributed by atoms with E-state index in [1.54, 1.807) is 12.1 Å². The molecule has 112 valence electrons. The van der Waals surface area contributed by atoms with Crippen molar-refractivity contribution in [2.45, 2.75) is 6.92 Å². The Morgan fingerprint density at radius 1 is 1.09 bits per heavy atom. The van der Waals surface area contributed by atoms with Crippen molar-refractivity contribution in [1.29, 1.82) is 0 Å². The van der Waals surface area contributed by atoms with Crippen LogP contribution in [0.2, 0.25) is 0 Å². The molecule has 22 heavy (non-hydrogen) atoms. The predicted octanol–water partition coefficient (Wildman–Crippen LogP) is 5.09. The molecule has 3 rings (SSSR count). The normalized spacial score (nSPS) is 10.5. The van der Waals surface area contributed by atoms with Gasteiger partial charge in [-0.3, -0.25) is 0 Å². The summed E-state index contributed by atoms with van der Waals surface area (Å²) in [7, 11) is 0. The van der Waals surface area contributed by atoms with Crippen LogP contribution in [0.5, 0.6) is 5.75 Å². The van der Waals surface area contributed by atoms with Gasteiger partial charge < -0.3 is 10.1 Å². The van der Waals surface area contributed by atoms with Crippen LogP contribution in [0.25, 0.3) is 11.3 Å². The van der Waals surface area contributed by atoms with Gasteiger partial charge in [0.25, 0.3) is 0 Å². The van der Waals surface area contributed by atoms with Crippen LogP contribution >= 0.6 is 11.3 Å². The molecule has 3 aromatic rings. The molecule has 0 amide bonds. The Morgan fingerprint density at radius 2 is 1.82 bits per heavy atom. The van der Waals surface area contributed by atoms with Crippen molar-refractivity contribution in [3.05, 3.63) is 59.7 Å². The summed E-state index contributed by atoms with van der Waals surface area (Å²) in [5.41, 5.74) is 2.68. The second kappa shape index (κ2) is 6.58. The number of rotatable bonds is 5. The van der Waals surface area contributed by atoms with Gasteiger partial charge in [0.1, 0.15) is 11.6 Å². The Bertz CT molecular complexity index is 738. The lowest BCUT2D eigenvalue weighted by Gasteiger charge is -2.05. The van der Waals surface area contributed by atoms with Gasteiger partial charge in [0.2, 0.25) is 0 Å². The third kappa shape index (κ3) is 3.43. The standard InChI is InChI=1S/C17H15FN2OS/c1-2-21-15-9-7-14(8-10-15)19-17-20-16(11-22-17)12-3-5-13(18)6-4-12/h3-11H,2H2,1H3,(H,19,20). The number of hydrogen-bond donors (Lipinski definition) is 1. The van der Waals surface area contributed by atoms with Gasteiger partial charge in [0.05, 0.1) is 12.3 Å². The first-order valence-corrected chi connectivity index (χ1v) is 7.84. The number of thiazole rings is 1. The number of aromatic nitrogens is 1. The third-order valence-corrected chi connectivity index (χ3v) is 3.82. The molecule has 0 aliphatic carbocycles. The number of benzene rings is 2. The highest BCUT2D eigenvalue weighted by atomic mass is 32.1. The molecule has 0 fully saturated rings. The molecule has 0 aliphatic rings. The molecule has 1 heterocycles. The zero-order valence-corrected chi connectivity index (χ0v) is 12.9. The highest BCUT2D eigenvalue weighted by Gasteiger charge is 2.05. The van der Waals surface area contributed by atoms with Gasteiger partial charge in [-0.05, 0) is 55.5 Å². The molecule has 0 unspecified atom stereocenters. The number of halogens is 1. The maximum absolute atomic E-state index is 12.9. The van der Waals surface area contributed by atoms with Crippen LogP contribution in [0.4, 0.5) is 15.2 Å². The summed E-state index contributed by atoms with van der Waals surface area (Å²) in [5, 5.41) is 6.00. The number of anilines is 2. The van der Waals surface area contributed by atoms with E-state index in [-0.39, 0.29) is 5.82 Å². The lowest BCUT2D eigenvalue weighted by Crippen LogP contribution is -1.92. The number of nitrogens with zero attached hydrogens (tertiary/aromatic N) is 1. The van der Waals surface area contributed by atoms with Gasteiger partial charge in [-0.2, -0.15) is 0 Å². The van der Waals surface area contributed by atoms with Crippen LogP contribution in [-0.2, 0) is 0 Å². The molecule has 0 radical (unpaired) electrons. The van der Waals surface area contributed by atoms with Crippen molar-refractivity contribution < 1.29 is 9.13 Å². The van der Waals surface area contributed by atoms with E-state index in [0.29, 0.717) is 6.61 Å². The van der Waals surface area contributed by atoms with Gasteiger partial charge in [-0.25, -0.2) is 9.37 Å². The Kier molecular flexibility index (Phi) is 4.34. The van der Waals surface area contributed by atoms with Gasteiger partial charge in [-0.1, -0.05) is 0 Å². The van der Waals surface area contributed by atoms with E-state index in [4.69, 9.17) is 4.74 Å². The quantitative estimate of drug-likeness (QED) is 0.712. The minimum atomic E-state index is -0.244. The Labute approximate surface area is 132 Å². The van der Waals surface area contributed by atoms with Crippen molar-refractivity contribution in [2.24, 2.45) is 0 Å². The maximum atomic E-state index is 12.9. The van der Waals surface area contributed by atoms with Crippen molar-refractivity contribution in [1.82, 2.24) is 4.98 Å². The Balaban J connectivity index is 1.72. The van der Waals surface area contributed by atoms with E-state index in [9.17, 15) is 4.39 Å². The second-order valence-corrected chi connectivity index (χ2v) is 5.49. The van der Waals surface area contributed by atoms with Crippen molar-refractivity contribution in [2.75, 3.05) is 11.9 Å². The summed E-state index contributed by atoms with van der Waals surface area (Å²) in [6, 6.07) is 14.1. The van der Waals surface area contributed by atoms with Gasteiger partial charge >= 0.3 is 0 Å². The maximum Gasteiger partial charge on any atom is 0.187 e. The summed E-state index contributed by atoms with van der Waals surface area (Å²) in [5.74, 6) is 0.603. The fraction of sp³-hybridized carbons (Fsp3) is 0.118. The predicted molar refractivity (Wildman–Crippen MR) is 88.4 cm³/mol. The summed E-state index contributed by atoms with van der Waals surface area (Å²) < 4.78 is 18.4. The summed E-state index contributed by atoms with van der Waals surface area (Å²) >= 11 is 1.51. The van der Waals surface area contributed by atoms with Crippen LogP contribution in [-0.4, -0.2) is 11.6 Å². The average molecular weight is 314 g/mol. The first-order valence-electron chi connectivity index (χ1n) is 6.96. The van der Waals surface area contributed by atoms with Crippen LogP contribution in [0.15, 0.2) is 53.9 Å². The van der Waals surface area contributed by atoms with Crippen molar-refractivity contribution in [3.63, 3.8) is 0 Å². The molecule has 3 nitrogen and oxygen atoms in total. The lowest BCUT2D eigenvalue weighted by molar-refractivity contribution is 0.340. The fourth-order valence-electron chi connectivity index (χ4n) is 2.01. The van der Waals surface area contributed by atoms with E-state index < -0.39 is 0 Å². The fourth-order valence-corrected chi connectivity index (χ4v) is 2.75. The van der Waals surface area contributed by atoms with E-state index in [0.717, 1.165) is 27.8 Å². The molecule has 5 heteroatoms. The van der Waals surface area contributed by atoms with Crippen molar-refractivity contribution >= 4 is 22.2 Å². The van der Waals surface area contributed by atoms with E-state index in [1.165, 1.54) is 23.5 Å². The molecule has 1 N–H and O–H groups in total. The number of ether oxygens (including phenoxy) is 1. The molecule has 0 saturated heterocycles. The highest BCUT2D eigenvalue weighted by Crippen LogP contribution is 2.27. The van der Waals surface area contributed by atoms with Crippen LogP contribution in [0, 0.1) is 5.82 Å².